The number of fused-ring (bicyclic) bond motifs is 1. The molecule has 0 unspecified atom stereocenters. The van der Waals surface area contributed by atoms with E-state index in [-0.39, 0.29) is 11.5 Å². The average Bonchev–Trinajstić information content (AvgIpc) is 2.25. The average molecular weight is 300 g/mol. The van der Waals surface area contributed by atoms with E-state index in [1.807, 2.05) is 0 Å². The molecule has 1 nitrogen and oxygen atoms in total. The number of hydrogen-bond acceptors (Lipinski definition) is 1. The van der Waals surface area contributed by atoms with E-state index in [4.69, 9.17) is 11.6 Å². The molecular formula is C11H4ClF6N. The number of hydrogen-bond donors (Lipinski definition) is 0. The zero-order chi connectivity index (χ0) is 14.4. The van der Waals surface area contributed by atoms with Crippen molar-refractivity contribution in [1.82, 2.24) is 4.98 Å². The summed E-state index contributed by atoms with van der Waals surface area (Å²) in [6, 6.07) is 1.69. The molecule has 0 fully saturated rings. The lowest BCUT2D eigenvalue weighted by Crippen LogP contribution is -2.11. The molecule has 1 heterocycles. The Hall–Kier alpha value is -1.50. The highest BCUT2D eigenvalue weighted by Crippen LogP contribution is 2.41. The molecule has 19 heavy (non-hydrogen) atoms. The molecule has 0 saturated heterocycles. The molecule has 2 rings (SSSR count). The Morgan fingerprint density at radius 1 is 0.947 bits per heavy atom. The minimum atomic E-state index is -4.95. The summed E-state index contributed by atoms with van der Waals surface area (Å²) in [5.41, 5.74) is -2.83. The second-order valence-electron chi connectivity index (χ2n) is 3.72. The fraction of sp³-hybridized carbons (Fsp3) is 0.182. The molecule has 102 valence electrons. The van der Waals surface area contributed by atoms with Gasteiger partial charge in [0.25, 0.3) is 0 Å². The highest BCUT2D eigenvalue weighted by Gasteiger charge is 2.38. The van der Waals surface area contributed by atoms with Gasteiger partial charge in [0.15, 0.2) is 0 Å². The van der Waals surface area contributed by atoms with E-state index in [1.54, 1.807) is 0 Å². The van der Waals surface area contributed by atoms with Crippen LogP contribution >= 0.6 is 11.6 Å². The Labute approximate surface area is 107 Å². The van der Waals surface area contributed by atoms with E-state index in [0.717, 1.165) is 12.3 Å². The summed E-state index contributed by atoms with van der Waals surface area (Å²) in [6.07, 6.45) is -8.78. The molecular weight excluding hydrogens is 296 g/mol. The number of alkyl halides is 6. The van der Waals surface area contributed by atoms with Crippen LogP contribution in [0.15, 0.2) is 24.4 Å². The summed E-state index contributed by atoms with van der Waals surface area (Å²) < 4.78 is 76.1. The molecule has 0 N–H and O–H groups in total. The number of rotatable bonds is 0. The first-order valence-corrected chi connectivity index (χ1v) is 5.21. The zero-order valence-electron chi connectivity index (χ0n) is 8.90. The summed E-state index contributed by atoms with van der Waals surface area (Å²) in [7, 11) is 0. The first kappa shape index (κ1) is 13.9. The summed E-state index contributed by atoms with van der Waals surface area (Å²) in [5.74, 6) is 0. The minimum absolute atomic E-state index is 0.0376. The topological polar surface area (TPSA) is 12.9 Å². The van der Waals surface area contributed by atoms with Gasteiger partial charge in [-0.1, -0.05) is 11.6 Å². The molecule has 2 aromatic rings. The molecule has 1 aromatic heterocycles. The second-order valence-corrected chi connectivity index (χ2v) is 4.08. The van der Waals surface area contributed by atoms with Crippen LogP contribution in [0.2, 0.25) is 5.15 Å². The normalized spacial score (nSPS) is 13.0. The first-order valence-electron chi connectivity index (χ1n) is 4.83. The molecule has 0 aliphatic heterocycles. The van der Waals surface area contributed by atoms with Gasteiger partial charge < -0.3 is 0 Å². The van der Waals surface area contributed by atoms with Crippen molar-refractivity contribution in [2.45, 2.75) is 12.4 Å². The smallest absolute Gasteiger partial charge is 0.244 e. The standard InChI is InChI=1S/C11H4ClF6N/c12-9-8-5(1-2-19-9)3-6(10(13,14)15)4-7(8)11(16,17)18/h1-4H. The third-order valence-corrected chi connectivity index (χ3v) is 2.74. The molecule has 0 bridgehead atoms. The number of aromatic nitrogens is 1. The molecule has 1 aromatic carbocycles. The molecule has 0 aliphatic carbocycles. The Bertz CT molecular complexity index is 631. The maximum absolute atomic E-state index is 12.8. The van der Waals surface area contributed by atoms with Crippen LogP contribution in [-0.2, 0) is 12.4 Å². The van der Waals surface area contributed by atoms with Crippen LogP contribution in [0.25, 0.3) is 10.8 Å². The van der Waals surface area contributed by atoms with Gasteiger partial charge in [-0.3, -0.25) is 0 Å². The molecule has 0 atom stereocenters. The summed E-state index contributed by atoms with van der Waals surface area (Å²) >= 11 is 5.54. The SMILES string of the molecule is FC(F)(F)c1cc(C(F)(F)F)c2c(Cl)nccc2c1. The molecule has 0 spiro atoms. The third-order valence-electron chi connectivity index (χ3n) is 2.45. The van der Waals surface area contributed by atoms with Gasteiger partial charge in [-0.25, -0.2) is 4.98 Å². The van der Waals surface area contributed by atoms with Crippen molar-refractivity contribution in [2.24, 2.45) is 0 Å². The molecule has 8 heteroatoms. The summed E-state index contributed by atoms with van der Waals surface area (Å²) in [5, 5.41) is -1.29. The van der Waals surface area contributed by atoms with Crippen molar-refractivity contribution in [3.63, 3.8) is 0 Å². The van der Waals surface area contributed by atoms with Crippen LogP contribution in [0.3, 0.4) is 0 Å². The van der Waals surface area contributed by atoms with E-state index in [2.05, 4.69) is 4.98 Å². The van der Waals surface area contributed by atoms with Crippen LogP contribution in [0.4, 0.5) is 26.3 Å². The highest BCUT2D eigenvalue weighted by atomic mass is 35.5. The fourth-order valence-corrected chi connectivity index (χ4v) is 1.93. The zero-order valence-corrected chi connectivity index (χ0v) is 9.66. The van der Waals surface area contributed by atoms with Crippen LogP contribution in [0.5, 0.6) is 0 Å². The number of nitrogens with zero attached hydrogens (tertiary/aromatic N) is 1. The second kappa shape index (κ2) is 4.26. The van der Waals surface area contributed by atoms with Gasteiger partial charge in [0, 0.05) is 11.6 Å². The van der Waals surface area contributed by atoms with E-state index in [1.165, 1.54) is 0 Å². The lowest BCUT2D eigenvalue weighted by molar-refractivity contribution is -0.142. The first-order chi connectivity index (χ1) is 8.60. The Balaban J connectivity index is 2.89. The quantitative estimate of drug-likeness (QED) is 0.497. The van der Waals surface area contributed by atoms with E-state index in [0.29, 0.717) is 6.07 Å². The van der Waals surface area contributed by atoms with Gasteiger partial charge in [0.2, 0.25) is 0 Å². The lowest BCUT2D eigenvalue weighted by Gasteiger charge is -2.15. The third kappa shape index (κ3) is 2.60. The van der Waals surface area contributed by atoms with Crippen molar-refractivity contribution in [3.05, 3.63) is 40.7 Å². The highest BCUT2D eigenvalue weighted by molar-refractivity contribution is 6.34. The maximum Gasteiger partial charge on any atom is 0.417 e. The van der Waals surface area contributed by atoms with Gasteiger partial charge in [-0.2, -0.15) is 26.3 Å². The fourth-order valence-electron chi connectivity index (χ4n) is 1.66. The van der Waals surface area contributed by atoms with Crippen molar-refractivity contribution in [3.8, 4) is 0 Å². The molecule has 0 radical (unpaired) electrons. The van der Waals surface area contributed by atoms with E-state index < -0.39 is 34.0 Å². The molecule has 0 aliphatic rings. The maximum atomic E-state index is 12.8. The van der Waals surface area contributed by atoms with Crippen molar-refractivity contribution in [1.29, 1.82) is 0 Å². The number of benzene rings is 1. The van der Waals surface area contributed by atoms with Crippen LogP contribution in [0, 0.1) is 0 Å². The van der Waals surface area contributed by atoms with E-state index >= 15 is 0 Å². The predicted octanol–water partition coefficient (Wildman–Crippen LogP) is 4.93. The predicted molar refractivity (Wildman–Crippen MR) is 56.8 cm³/mol. The van der Waals surface area contributed by atoms with Gasteiger partial charge >= 0.3 is 12.4 Å². The largest absolute Gasteiger partial charge is 0.417 e. The van der Waals surface area contributed by atoms with Gasteiger partial charge in [0.1, 0.15) is 5.15 Å². The summed E-state index contributed by atoms with van der Waals surface area (Å²) in [4.78, 5) is 3.46. The number of pyridine rings is 1. The summed E-state index contributed by atoms with van der Waals surface area (Å²) in [6.45, 7) is 0. The van der Waals surface area contributed by atoms with Crippen LogP contribution in [-0.4, -0.2) is 4.98 Å². The van der Waals surface area contributed by atoms with Crippen molar-refractivity contribution >= 4 is 22.4 Å². The van der Waals surface area contributed by atoms with Crippen LogP contribution < -0.4 is 0 Å². The van der Waals surface area contributed by atoms with Gasteiger partial charge in [-0.05, 0) is 23.6 Å². The Morgan fingerprint density at radius 3 is 2.11 bits per heavy atom. The Kier molecular flexibility index (Phi) is 3.12. The minimum Gasteiger partial charge on any atom is -0.244 e. The van der Waals surface area contributed by atoms with Crippen molar-refractivity contribution < 1.29 is 26.3 Å². The molecule has 0 amide bonds. The van der Waals surface area contributed by atoms with Crippen molar-refractivity contribution in [2.75, 3.05) is 0 Å². The monoisotopic (exact) mass is 299 g/mol. The molecule has 0 saturated carbocycles. The van der Waals surface area contributed by atoms with Gasteiger partial charge in [0.05, 0.1) is 11.1 Å². The Morgan fingerprint density at radius 2 is 1.58 bits per heavy atom. The van der Waals surface area contributed by atoms with Crippen LogP contribution in [0.1, 0.15) is 11.1 Å². The number of halogens is 7. The van der Waals surface area contributed by atoms with Gasteiger partial charge in [-0.15, -0.1) is 0 Å². The lowest BCUT2D eigenvalue weighted by atomic mass is 10.0. The van der Waals surface area contributed by atoms with E-state index in [9.17, 15) is 26.3 Å².